The summed E-state index contributed by atoms with van der Waals surface area (Å²) in [6.45, 7) is 1.59. The molecule has 26 heavy (non-hydrogen) atoms. The Kier molecular flexibility index (Phi) is 6.54. The molecule has 0 saturated heterocycles. The molecule has 0 N–H and O–H groups in total. The van der Waals surface area contributed by atoms with Gasteiger partial charge in [0.1, 0.15) is 0 Å². The van der Waals surface area contributed by atoms with Gasteiger partial charge in [0.2, 0.25) is 0 Å². The lowest BCUT2D eigenvalue weighted by molar-refractivity contribution is -0.143. The summed E-state index contributed by atoms with van der Waals surface area (Å²) in [6, 6.07) is 6.53. The second-order valence-corrected chi connectivity index (χ2v) is 5.69. The van der Waals surface area contributed by atoms with E-state index in [-0.39, 0.29) is 31.1 Å². The van der Waals surface area contributed by atoms with Gasteiger partial charge in [-0.1, -0.05) is 25.1 Å². The van der Waals surface area contributed by atoms with Crippen LogP contribution in [-0.4, -0.2) is 22.4 Å². The number of hydrogen-bond acceptors (Lipinski definition) is 4. The van der Waals surface area contributed by atoms with Crippen LogP contribution in [0.4, 0.5) is 13.2 Å². The van der Waals surface area contributed by atoms with Crippen molar-refractivity contribution in [2.24, 2.45) is 0 Å². The zero-order valence-electron chi connectivity index (χ0n) is 14.3. The van der Waals surface area contributed by atoms with Gasteiger partial charge >= 0.3 is 12.1 Å². The molecule has 0 radical (unpaired) electrons. The van der Waals surface area contributed by atoms with E-state index in [2.05, 4.69) is 5.10 Å². The third kappa shape index (κ3) is 5.18. The van der Waals surface area contributed by atoms with Gasteiger partial charge in [-0.2, -0.15) is 18.3 Å². The van der Waals surface area contributed by atoms with Crippen LogP contribution < -0.4 is 5.56 Å². The van der Waals surface area contributed by atoms with E-state index in [0.29, 0.717) is 18.4 Å². The fourth-order valence-corrected chi connectivity index (χ4v) is 2.44. The smallest absolute Gasteiger partial charge is 0.416 e. The minimum Gasteiger partial charge on any atom is -0.465 e. The van der Waals surface area contributed by atoms with E-state index in [1.807, 2.05) is 6.92 Å². The van der Waals surface area contributed by atoms with Crippen LogP contribution in [0, 0.1) is 0 Å². The molecule has 0 aliphatic rings. The van der Waals surface area contributed by atoms with Crippen molar-refractivity contribution in [2.45, 2.75) is 38.9 Å². The second-order valence-electron chi connectivity index (χ2n) is 5.69. The van der Waals surface area contributed by atoms with Gasteiger partial charge in [0.05, 0.1) is 18.7 Å². The highest BCUT2D eigenvalue weighted by Crippen LogP contribution is 2.31. The fourth-order valence-electron chi connectivity index (χ4n) is 2.44. The first kappa shape index (κ1) is 19.7. The maximum absolute atomic E-state index is 13.1. The number of carbonyl (C=O) groups is 1. The zero-order valence-corrected chi connectivity index (χ0v) is 14.3. The number of aromatic nitrogens is 2. The molecule has 0 fully saturated rings. The zero-order chi connectivity index (χ0) is 19.2. The molecule has 2 rings (SSSR count). The van der Waals surface area contributed by atoms with Gasteiger partial charge in [-0.25, -0.2) is 4.68 Å². The van der Waals surface area contributed by atoms with Crippen LogP contribution in [0.1, 0.15) is 36.5 Å². The average Bonchev–Trinajstić information content (AvgIpc) is 2.58. The molecule has 0 bridgehead atoms. The molecule has 0 atom stereocenters. The van der Waals surface area contributed by atoms with E-state index >= 15 is 0 Å². The highest BCUT2D eigenvalue weighted by molar-refractivity contribution is 5.69. The lowest BCUT2D eigenvalue weighted by atomic mass is 10.1. The molecule has 0 saturated carbocycles. The van der Waals surface area contributed by atoms with Crippen molar-refractivity contribution in [2.75, 3.05) is 6.61 Å². The van der Waals surface area contributed by atoms with Crippen LogP contribution >= 0.6 is 0 Å². The highest BCUT2D eigenvalue weighted by atomic mass is 19.4. The molecule has 5 nitrogen and oxygen atoms in total. The number of esters is 1. The Morgan fingerprint density at radius 3 is 2.62 bits per heavy atom. The molecule has 1 heterocycles. The van der Waals surface area contributed by atoms with Crippen molar-refractivity contribution in [1.82, 2.24) is 9.78 Å². The minimum atomic E-state index is -4.51. The predicted octanol–water partition coefficient (Wildman–Crippen LogP) is 3.20. The molecule has 0 aliphatic heterocycles. The lowest BCUT2D eigenvalue weighted by Crippen LogP contribution is -2.28. The van der Waals surface area contributed by atoms with Gasteiger partial charge in [-0.3, -0.25) is 9.59 Å². The molecule has 0 aliphatic carbocycles. The Labute approximate surface area is 148 Å². The summed E-state index contributed by atoms with van der Waals surface area (Å²) in [6.07, 6.45) is -2.02. The van der Waals surface area contributed by atoms with Gasteiger partial charge in [-0.15, -0.1) is 0 Å². The van der Waals surface area contributed by atoms with Crippen molar-refractivity contribution >= 4 is 5.97 Å². The van der Waals surface area contributed by atoms with Crippen LogP contribution in [0.5, 0.6) is 0 Å². The number of nitrogens with zero attached hydrogens (tertiary/aromatic N) is 2. The van der Waals surface area contributed by atoms with Crippen LogP contribution in [0.15, 0.2) is 41.3 Å². The first-order valence-electron chi connectivity index (χ1n) is 8.18. The number of ether oxygens (including phenoxy) is 1. The average molecular weight is 368 g/mol. The lowest BCUT2D eigenvalue weighted by Gasteiger charge is -2.13. The van der Waals surface area contributed by atoms with Gasteiger partial charge in [0.25, 0.3) is 5.56 Å². The Bertz CT molecular complexity index is 816. The van der Waals surface area contributed by atoms with Crippen LogP contribution in [0.3, 0.4) is 0 Å². The second kappa shape index (κ2) is 8.64. The third-order valence-corrected chi connectivity index (χ3v) is 3.72. The van der Waals surface area contributed by atoms with Gasteiger partial charge in [0.15, 0.2) is 0 Å². The van der Waals surface area contributed by atoms with Crippen molar-refractivity contribution in [3.63, 3.8) is 0 Å². The van der Waals surface area contributed by atoms with Crippen molar-refractivity contribution in [3.05, 3.63) is 63.6 Å². The summed E-state index contributed by atoms with van der Waals surface area (Å²) < 4.78 is 45.2. The Balaban J connectivity index is 2.15. The van der Waals surface area contributed by atoms with E-state index in [0.717, 1.165) is 10.7 Å². The van der Waals surface area contributed by atoms with Gasteiger partial charge in [0, 0.05) is 24.6 Å². The molecule has 0 amide bonds. The normalized spacial score (nSPS) is 11.4. The topological polar surface area (TPSA) is 61.2 Å². The van der Waals surface area contributed by atoms with E-state index < -0.39 is 17.3 Å². The number of hydrogen-bond donors (Lipinski definition) is 0. The number of carbonyl (C=O) groups excluding carboxylic acids is 1. The third-order valence-electron chi connectivity index (χ3n) is 3.72. The number of rotatable bonds is 7. The standard InChI is InChI=1S/C18H19F3N2O3/c1-2-5-16(24)26-11-9-13-8-10-22-23(17(13)25)12-14-6-3-4-7-15(14)18(19,20)21/h3-4,6-8,10H,2,5,9,11-12H2,1H3. The Hall–Kier alpha value is -2.64. The monoisotopic (exact) mass is 368 g/mol. The fraction of sp³-hybridized carbons (Fsp3) is 0.389. The minimum absolute atomic E-state index is 0.0389. The molecule has 0 unspecified atom stereocenters. The number of alkyl halides is 3. The van der Waals surface area contributed by atoms with Crippen LogP contribution in [0.2, 0.25) is 0 Å². The van der Waals surface area contributed by atoms with E-state index in [4.69, 9.17) is 4.74 Å². The SMILES string of the molecule is CCCC(=O)OCCc1ccnn(Cc2ccccc2C(F)(F)F)c1=O. The summed E-state index contributed by atoms with van der Waals surface area (Å²) >= 11 is 0. The molecular weight excluding hydrogens is 349 g/mol. The van der Waals surface area contributed by atoms with Gasteiger partial charge < -0.3 is 4.74 Å². The number of benzene rings is 1. The molecule has 2 aromatic rings. The largest absolute Gasteiger partial charge is 0.465 e. The number of halogens is 3. The first-order valence-corrected chi connectivity index (χ1v) is 8.18. The van der Waals surface area contributed by atoms with E-state index in [9.17, 15) is 22.8 Å². The molecule has 1 aromatic heterocycles. The maximum Gasteiger partial charge on any atom is 0.416 e. The first-order chi connectivity index (χ1) is 12.3. The van der Waals surface area contributed by atoms with Crippen molar-refractivity contribution in [1.29, 1.82) is 0 Å². The summed E-state index contributed by atoms with van der Waals surface area (Å²) in [5.41, 5.74) is -1.02. The van der Waals surface area contributed by atoms with Gasteiger partial charge in [-0.05, 0) is 24.1 Å². The quantitative estimate of drug-likeness (QED) is 0.704. The summed E-state index contributed by atoms with van der Waals surface area (Å²) in [5, 5.41) is 3.86. The van der Waals surface area contributed by atoms with E-state index in [1.54, 1.807) is 0 Å². The van der Waals surface area contributed by atoms with E-state index in [1.165, 1.54) is 30.5 Å². The maximum atomic E-state index is 13.1. The predicted molar refractivity (Wildman–Crippen MR) is 88.6 cm³/mol. The van der Waals surface area contributed by atoms with Crippen molar-refractivity contribution in [3.8, 4) is 0 Å². The summed E-state index contributed by atoms with van der Waals surface area (Å²) in [4.78, 5) is 23.7. The molecule has 0 spiro atoms. The molecular formula is C18H19F3N2O3. The Morgan fingerprint density at radius 1 is 1.19 bits per heavy atom. The summed E-state index contributed by atoms with van der Waals surface area (Å²) in [7, 11) is 0. The summed E-state index contributed by atoms with van der Waals surface area (Å²) in [5.74, 6) is -0.346. The van der Waals surface area contributed by atoms with Crippen LogP contribution in [0.25, 0.3) is 0 Å². The highest BCUT2D eigenvalue weighted by Gasteiger charge is 2.33. The van der Waals surface area contributed by atoms with Crippen LogP contribution in [-0.2, 0) is 28.7 Å². The molecule has 8 heteroatoms. The molecule has 1 aromatic carbocycles. The molecule has 140 valence electrons. The van der Waals surface area contributed by atoms with Crippen molar-refractivity contribution < 1.29 is 22.7 Å². The Morgan fingerprint density at radius 2 is 1.92 bits per heavy atom.